The van der Waals surface area contributed by atoms with Gasteiger partial charge in [0, 0.05) is 30.8 Å². The Labute approximate surface area is 131 Å². The molecular weight excluding hydrogens is 297 g/mol. The molecule has 1 amide bonds. The number of amides is 1. The SMILES string of the molecule is O=C(c1ccn2nnnc2c1)N1CC[C@H](c2ccccc2F)C1. The summed E-state index contributed by atoms with van der Waals surface area (Å²) in [5.41, 5.74) is 1.75. The Morgan fingerprint density at radius 2 is 2.13 bits per heavy atom. The number of fused-ring (bicyclic) bond motifs is 1. The van der Waals surface area contributed by atoms with E-state index in [0.29, 0.717) is 29.9 Å². The minimum atomic E-state index is -0.206. The van der Waals surface area contributed by atoms with Gasteiger partial charge in [0.15, 0.2) is 5.65 Å². The molecule has 0 unspecified atom stereocenters. The summed E-state index contributed by atoms with van der Waals surface area (Å²) in [4.78, 5) is 14.4. The molecule has 23 heavy (non-hydrogen) atoms. The van der Waals surface area contributed by atoms with Crippen LogP contribution in [-0.4, -0.2) is 43.9 Å². The zero-order chi connectivity index (χ0) is 15.8. The summed E-state index contributed by atoms with van der Waals surface area (Å²) in [6, 6.07) is 10.1. The number of hydrogen-bond donors (Lipinski definition) is 0. The minimum Gasteiger partial charge on any atom is -0.338 e. The number of hydrogen-bond acceptors (Lipinski definition) is 4. The molecule has 3 aromatic rings. The monoisotopic (exact) mass is 311 g/mol. The molecule has 1 aliphatic heterocycles. The van der Waals surface area contributed by atoms with Gasteiger partial charge >= 0.3 is 0 Å². The first-order chi connectivity index (χ1) is 11.2. The minimum absolute atomic E-state index is 0.0404. The van der Waals surface area contributed by atoms with Crippen molar-refractivity contribution in [2.75, 3.05) is 13.1 Å². The molecule has 3 heterocycles. The van der Waals surface area contributed by atoms with Gasteiger partial charge in [0.25, 0.3) is 5.91 Å². The Hall–Kier alpha value is -2.83. The molecule has 1 saturated heterocycles. The van der Waals surface area contributed by atoms with Crippen LogP contribution in [0.5, 0.6) is 0 Å². The van der Waals surface area contributed by atoms with Gasteiger partial charge in [-0.1, -0.05) is 18.2 Å². The number of carbonyl (C=O) groups is 1. The van der Waals surface area contributed by atoms with Crippen LogP contribution in [0.1, 0.15) is 28.3 Å². The van der Waals surface area contributed by atoms with Crippen molar-refractivity contribution in [1.29, 1.82) is 0 Å². The summed E-state index contributed by atoms with van der Waals surface area (Å²) in [5, 5.41) is 11.2. The summed E-state index contributed by atoms with van der Waals surface area (Å²) in [5.74, 6) is -0.240. The summed E-state index contributed by atoms with van der Waals surface area (Å²) < 4.78 is 15.4. The molecule has 116 valence electrons. The molecular formula is C16H14FN5O. The number of nitrogens with zero attached hydrogens (tertiary/aromatic N) is 5. The van der Waals surface area contributed by atoms with Crippen molar-refractivity contribution < 1.29 is 9.18 Å². The zero-order valence-electron chi connectivity index (χ0n) is 12.3. The summed E-state index contributed by atoms with van der Waals surface area (Å²) in [6.07, 6.45) is 2.42. The van der Waals surface area contributed by atoms with Crippen LogP contribution < -0.4 is 0 Å². The first kappa shape index (κ1) is 13.8. The molecule has 0 radical (unpaired) electrons. The van der Waals surface area contributed by atoms with E-state index in [9.17, 15) is 9.18 Å². The van der Waals surface area contributed by atoms with Gasteiger partial charge in [-0.2, -0.15) is 0 Å². The number of halogens is 1. The third kappa shape index (κ3) is 2.44. The first-order valence-electron chi connectivity index (χ1n) is 7.44. The summed E-state index contributed by atoms with van der Waals surface area (Å²) in [6.45, 7) is 1.14. The second kappa shape index (κ2) is 5.42. The fourth-order valence-electron chi connectivity index (χ4n) is 3.06. The number of aromatic nitrogens is 4. The number of likely N-dealkylation sites (tertiary alicyclic amines) is 1. The van der Waals surface area contributed by atoms with E-state index in [-0.39, 0.29) is 17.6 Å². The van der Waals surface area contributed by atoms with Gasteiger partial charge in [-0.15, -0.1) is 5.10 Å². The fourth-order valence-corrected chi connectivity index (χ4v) is 3.06. The van der Waals surface area contributed by atoms with Crippen molar-refractivity contribution in [3.63, 3.8) is 0 Å². The Morgan fingerprint density at radius 1 is 1.26 bits per heavy atom. The molecule has 4 rings (SSSR count). The Balaban J connectivity index is 1.55. The largest absolute Gasteiger partial charge is 0.338 e. The smallest absolute Gasteiger partial charge is 0.254 e. The third-order valence-corrected chi connectivity index (χ3v) is 4.27. The van der Waals surface area contributed by atoms with Crippen LogP contribution in [0.3, 0.4) is 0 Å². The predicted molar refractivity (Wildman–Crippen MR) is 80.4 cm³/mol. The van der Waals surface area contributed by atoms with Gasteiger partial charge < -0.3 is 4.90 Å². The highest BCUT2D eigenvalue weighted by molar-refractivity contribution is 5.95. The quantitative estimate of drug-likeness (QED) is 0.725. The normalized spacial score (nSPS) is 17.8. The molecule has 2 aromatic heterocycles. The van der Waals surface area contributed by atoms with Crippen molar-refractivity contribution in [3.05, 3.63) is 59.5 Å². The Bertz CT molecular complexity index is 878. The lowest BCUT2D eigenvalue weighted by molar-refractivity contribution is 0.0790. The van der Waals surface area contributed by atoms with Crippen LogP contribution >= 0.6 is 0 Å². The van der Waals surface area contributed by atoms with Crippen molar-refractivity contribution in [2.45, 2.75) is 12.3 Å². The van der Waals surface area contributed by atoms with Crippen LogP contribution in [-0.2, 0) is 0 Å². The molecule has 6 nitrogen and oxygen atoms in total. The second-order valence-corrected chi connectivity index (χ2v) is 5.66. The third-order valence-electron chi connectivity index (χ3n) is 4.27. The molecule has 7 heteroatoms. The van der Waals surface area contributed by atoms with E-state index in [1.807, 2.05) is 6.07 Å². The lowest BCUT2D eigenvalue weighted by Gasteiger charge is -2.17. The van der Waals surface area contributed by atoms with Crippen LogP contribution in [0, 0.1) is 5.82 Å². The van der Waals surface area contributed by atoms with E-state index in [1.165, 1.54) is 10.6 Å². The van der Waals surface area contributed by atoms with Crippen molar-refractivity contribution in [3.8, 4) is 0 Å². The van der Waals surface area contributed by atoms with Gasteiger partial charge in [-0.3, -0.25) is 4.79 Å². The highest BCUT2D eigenvalue weighted by Gasteiger charge is 2.29. The number of tetrazole rings is 1. The second-order valence-electron chi connectivity index (χ2n) is 5.66. The van der Waals surface area contributed by atoms with Gasteiger partial charge in [-0.05, 0) is 40.6 Å². The van der Waals surface area contributed by atoms with E-state index >= 15 is 0 Å². The van der Waals surface area contributed by atoms with E-state index in [2.05, 4.69) is 15.5 Å². The maximum atomic E-state index is 13.9. The molecule has 1 atom stereocenters. The molecule has 0 saturated carbocycles. The van der Waals surface area contributed by atoms with Crippen molar-refractivity contribution in [2.24, 2.45) is 0 Å². The average Bonchev–Trinajstić information content (AvgIpc) is 3.23. The highest BCUT2D eigenvalue weighted by atomic mass is 19.1. The van der Waals surface area contributed by atoms with E-state index in [1.54, 1.807) is 35.4 Å². The average molecular weight is 311 g/mol. The summed E-state index contributed by atoms with van der Waals surface area (Å²) >= 11 is 0. The molecule has 0 aliphatic carbocycles. The molecule has 0 bridgehead atoms. The van der Waals surface area contributed by atoms with Crippen molar-refractivity contribution in [1.82, 2.24) is 24.9 Å². The van der Waals surface area contributed by atoms with Crippen LogP contribution in [0.15, 0.2) is 42.6 Å². The van der Waals surface area contributed by atoms with E-state index in [0.717, 1.165) is 6.42 Å². The molecule has 1 aromatic carbocycles. The van der Waals surface area contributed by atoms with Crippen LogP contribution in [0.4, 0.5) is 4.39 Å². The zero-order valence-corrected chi connectivity index (χ0v) is 12.3. The number of benzene rings is 1. The van der Waals surface area contributed by atoms with Crippen LogP contribution in [0.25, 0.3) is 5.65 Å². The topological polar surface area (TPSA) is 63.4 Å². The van der Waals surface area contributed by atoms with Gasteiger partial charge in [0.1, 0.15) is 5.82 Å². The number of rotatable bonds is 2. The van der Waals surface area contributed by atoms with E-state index in [4.69, 9.17) is 0 Å². The highest BCUT2D eigenvalue weighted by Crippen LogP contribution is 2.29. The number of carbonyl (C=O) groups excluding carboxylic acids is 1. The fraction of sp³-hybridized carbons (Fsp3) is 0.250. The maximum absolute atomic E-state index is 13.9. The predicted octanol–water partition coefficient (Wildman–Crippen LogP) is 1.89. The standard InChI is InChI=1S/C16H14FN5O/c17-14-4-2-1-3-13(14)12-5-7-21(10-12)16(23)11-6-8-22-15(9-11)18-19-20-22/h1-4,6,8-9,12H,5,7,10H2/t12-/m0/s1. The molecule has 1 aliphatic rings. The lowest BCUT2D eigenvalue weighted by atomic mass is 9.98. The molecule has 1 fully saturated rings. The van der Waals surface area contributed by atoms with Gasteiger partial charge in [0.2, 0.25) is 0 Å². The molecule has 0 N–H and O–H groups in total. The number of pyridine rings is 1. The molecule has 0 spiro atoms. The Kier molecular flexibility index (Phi) is 3.25. The van der Waals surface area contributed by atoms with E-state index < -0.39 is 0 Å². The van der Waals surface area contributed by atoms with Gasteiger partial charge in [0.05, 0.1) is 0 Å². The maximum Gasteiger partial charge on any atom is 0.254 e. The Morgan fingerprint density at radius 3 is 3.00 bits per heavy atom. The van der Waals surface area contributed by atoms with Crippen LogP contribution in [0.2, 0.25) is 0 Å². The lowest BCUT2D eigenvalue weighted by Crippen LogP contribution is -2.28. The van der Waals surface area contributed by atoms with Gasteiger partial charge in [-0.25, -0.2) is 8.91 Å². The first-order valence-corrected chi connectivity index (χ1v) is 7.44. The summed E-state index contributed by atoms with van der Waals surface area (Å²) in [7, 11) is 0. The van der Waals surface area contributed by atoms with Crippen molar-refractivity contribution >= 4 is 11.6 Å².